The van der Waals surface area contributed by atoms with Gasteiger partial charge in [0.2, 0.25) is 10.0 Å². The Morgan fingerprint density at radius 1 is 1.16 bits per heavy atom. The quantitative estimate of drug-likeness (QED) is 0.748. The minimum absolute atomic E-state index is 0.0661. The van der Waals surface area contributed by atoms with Gasteiger partial charge in [-0.05, 0) is 25.5 Å². The molecule has 0 aliphatic carbocycles. The number of nitrogens with one attached hydrogen (secondary N) is 2. The number of hydrogen-bond donors (Lipinski definition) is 2. The maximum absolute atomic E-state index is 12.5. The number of carbonyl (C=O) groups excluding carboxylic acids is 1. The van der Waals surface area contributed by atoms with E-state index in [2.05, 4.69) is 15.2 Å². The largest absolute Gasteiger partial charge is 0.361 e. The molecule has 0 aliphatic heterocycles. The summed E-state index contributed by atoms with van der Waals surface area (Å²) in [5.41, 5.74) is 2.23. The number of nitrogens with zero attached hydrogens (tertiary/aromatic N) is 1. The molecule has 8 heteroatoms. The van der Waals surface area contributed by atoms with E-state index in [4.69, 9.17) is 4.52 Å². The average molecular weight is 365 g/mol. The van der Waals surface area contributed by atoms with Gasteiger partial charge in [0.05, 0.1) is 22.7 Å². The lowest BCUT2D eigenvalue weighted by Crippen LogP contribution is -2.25. The van der Waals surface area contributed by atoms with Crippen LogP contribution in [0.5, 0.6) is 0 Å². The number of para-hydroxylation sites is 1. The average Bonchev–Trinajstić information content (AvgIpc) is 3.01. The third kappa shape index (κ3) is 4.60. The Morgan fingerprint density at radius 2 is 1.88 bits per heavy atom. The molecular formula is C17H23N3O4S. The van der Waals surface area contributed by atoms with Gasteiger partial charge in [-0.2, -0.15) is 0 Å². The van der Waals surface area contributed by atoms with Gasteiger partial charge in [-0.15, -0.1) is 0 Å². The Morgan fingerprint density at radius 3 is 2.52 bits per heavy atom. The van der Waals surface area contributed by atoms with Crippen molar-refractivity contribution < 1.29 is 17.7 Å². The summed E-state index contributed by atoms with van der Waals surface area (Å²) in [5, 5.41) is 6.84. The van der Waals surface area contributed by atoms with Gasteiger partial charge in [-0.25, -0.2) is 8.42 Å². The molecule has 0 saturated heterocycles. The van der Waals surface area contributed by atoms with Crippen molar-refractivity contribution in [3.05, 3.63) is 46.8 Å². The lowest BCUT2D eigenvalue weighted by atomic mass is 10.1. The molecule has 1 amide bonds. The molecule has 1 aromatic heterocycles. The lowest BCUT2D eigenvalue weighted by Gasteiger charge is -2.12. The van der Waals surface area contributed by atoms with Gasteiger partial charge in [0.15, 0.2) is 0 Å². The topological polar surface area (TPSA) is 101 Å². The van der Waals surface area contributed by atoms with Crippen molar-refractivity contribution in [3.63, 3.8) is 0 Å². The molecule has 2 N–H and O–H groups in total. The summed E-state index contributed by atoms with van der Waals surface area (Å²) in [5.74, 6) is 0.320. The van der Waals surface area contributed by atoms with Gasteiger partial charge in [-0.1, -0.05) is 31.1 Å². The highest BCUT2D eigenvalue weighted by Gasteiger charge is 2.18. The van der Waals surface area contributed by atoms with Crippen LogP contribution in [-0.2, 0) is 29.4 Å². The monoisotopic (exact) mass is 365 g/mol. The van der Waals surface area contributed by atoms with Crippen LogP contribution in [0, 0.1) is 0 Å². The van der Waals surface area contributed by atoms with Crippen LogP contribution in [0.1, 0.15) is 48.1 Å². The molecule has 0 aliphatic rings. The first-order valence-electron chi connectivity index (χ1n) is 8.25. The number of aryl methyl sites for hydroxylation is 2. The number of benzene rings is 1. The fourth-order valence-electron chi connectivity index (χ4n) is 2.41. The third-order valence-corrected chi connectivity index (χ3v) is 5.14. The first-order valence-corrected chi connectivity index (χ1v) is 9.91. The zero-order chi connectivity index (χ0) is 18.4. The van der Waals surface area contributed by atoms with E-state index in [1.165, 1.54) is 6.92 Å². The molecule has 1 aromatic carbocycles. The summed E-state index contributed by atoms with van der Waals surface area (Å²) in [6.45, 7) is 5.75. The molecule has 0 spiro atoms. The fraction of sp³-hybridized carbons (Fsp3) is 0.412. The SMILES string of the molecule is CCc1noc(CC)c1CNC(=O)c1ccccc1NS(=O)(=O)CC. The maximum atomic E-state index is 12.5. The van der Waals surface area contributed by atoms with E-state index in [0.29, 0.717) is 12.8 Å². The van der Waals surface area contributed by atoms with Crippen LogP contribution in [0.3, 0.4) is 0 Å². The van der Waals surface area contributed by atoms with Crippen molar-refractivity contribution in [2.75, 3.05) is 10.5 Å². The van der Waals surface area contributed by atoms with Crippen LogP contribution in [0.15, 0.2) is 28.8 Å². The van der Waals surface area contributed by atoms with Crippen molar-refractivity contribution >= 4 is 21.6 Å². The van der Waals surface area contributed by atoms with Crippen LogP contribution >= 0.6 is 0 Å². The van der Waals surface area contributed by atoms with Crippen molar-refractivity contribution in [2.45, 2.75) is 40.2 Å². The van der Waals surface area contributed by atoms with E-state index in [0.717, 1.165) is 17.0 Å². The van der Waals surface area contributed by atoms with E-state index in [1.54, 1.807) is 24.3 Å². The predicted octanol–water partition coefficient (Wildman–Crippen LogP) is 2.49. The summed E-state index contributed by atoms with van der Waals surface area (Å²) < 4.78 is 31.3. The van der Waals surface area contributed by atoms with Gasteiger partial charge in [0, 0.05) is 18.5 Å². The fourth-order valence-corrected chi connectivity index (χ4v) is 3.07. The number of aromatic nitrogens is 1. The molecule has 136 valence electrons. The predicted molar refractivity (Wildman–Crippen MR) is 96.0 cm³/mol. The number of amides is 1. The van der Waals surface area contributed by atoms with Gasteiger partial charge < -0.3 is 9.84 Å². The second kappa shape index (κ2) is 8.15. The summed E-state index contributed by atoms with van der Waals surface area (Å²) in [6, 6.07) is 6.51. The Kier molecular flexibility index (Phi) is 6.19. The molecule has 2 rings (SSSR count). The summed E-state index contributed by atoms with van der Waals surface area (Å²) in [6.07, 6.45) is 1.40. The third-order valence-electron chi connectivity index (χ3n) is 3.85. The van der Waals surface area contributed by atoms with Crippen LogP contribution < -0.4 is 10.0 Å². The molecule has 0 radical (unpaired) electrons. The summed E-state index contributed by atoms with van der Waals surface area (Å²) in [7, 11) is -3.46. The first kappa shape index (κ1) is 19.0. The number of sulfonamides is 1. The van der Waals surface area contributed by atoms with Gasteiger partial charge >= 0.3 is 0 Å². The molecule has 0 saturated carbocycles. The second-order valence-electron chi connectivity index (χ2n) is 5.47. The maximum Gasteiger partial charge on any atom is 0.253 e. The van der Waals surface area contributed by atoms with Crippen LogP contribution in [0.2, 0.25) is 0 Å². The molecule has 0 unspecified atom stereocenters. The molecule has 0 bridgehead atoms. The van der Waals surface area contributed by atoms with Gasteiger partial charge in [0.25, 0.3) is 5.91 Å². The van der Waals surface area contributed by atoms with Crippen molar-refractivity contribution in [2.24, 2.45) is 0 Å². The minimum Gasteiger partial charge on any atom is -0.361 e. The van der Waals surface area contributed by atoms with E-state index in [-0.39, 0.29) is 29.5 Å². The van der Waals surface area contributed by atoms with Gasteiger partial charge in [0.1, 0.15) is 5.76 Å². The van der Waals surface area contributed by atoms with Crippen LogP contribution in [0.4, 0.5) is 5.69 Å². The van der Waals surface area contributed by atoms with Crippen molar-refractivity contribution in [3.8, 4) is 0 Å². The number of rotatable bonds is 8. The van der Waals surface area contributed by atoms with E-state index >= 15 is 0 Å². The molecular weight excluding hydrogens is 342 g/mol. The first-order chi connectivity index (χ1) is 11.9. The summed E-state index contributed by atoms with van der Waals surface area (Å²) in [4.78, 5) is 12.5. The molecule has 25 heavy (non-hydrogen) atoms. The van der Waals surface area contributed by atoms with E-state index < -0.39 is 10.0 Å². The van der Waals surface area contributed by atoms with Gasteiger partial charge in [-0.3, -0.25) is 9.52 Å². The van der Waals surface area contributed by atoms with Crippen molar-refractivity contribution in [1.82, 2.24) is 10.5 Å². The standard InChI is InChI=1S/C17H23N3O4S/c1-4-14-13(16(5-2)24-19-14)11-18-17(21)12-9-7-8-10-15(12)20-25(22,23)6-3/h7-10,20H,4-6,11H2,1-3H3,(H,18,21). The highest BCUT2D eigenvalue weighted by Crippen LogP contribution is 2.19. The molecule has 7 nitrogen and oxygen atoms in total. The second-order valence-corrected chi connectivity index (χ2v) is 7.48. The summed E-state index contributed by atoms with van der Waals surface area (Å²) >= 11 is 0. The highest BCUT2D eigenvalue weighted by molar-refractivity contribution is 7.92. The van der Waals surface area contributed by atoms with Crippen molar-refractivity contribution in [1.29, 1.82) is 0 Å². The molecule has 0 atom stereocenters. The minimum atomic E-state index is -3.46. The Labute approximate surface area is 147 Å². The number of carbonyl (C=O) groups is 1. The molecule has 0 fully saturated rings. The Bertz CT molecular complexity index is 822. The number of hydrogen-bond acceptors (Lipinski definition) is 5. The highest BCUT2D eigenvalue weighted by atomic mass is 32.2. The normalized spacial score (nSPS) is 11.3. The number of anilines is 1. The van der Waals surface area contributed by atoms with E-state index in [9.17, 15) is 13.2 Å². The Balaban J connectivity index is 2.18. The zero-order valence-electron chi connectivity index (χ0n) is 14.6. The molecule has 1 heterocycles. The van der Waals surface area contributed by atoms with Crippen LogP contribution in [0.25, 0.3) is 0 Å². The molecule has 2 aromatic rings. The lowest BCUT2D eigenvalue weighted by molar-refractivity contribution is 0.0951. The Hall–Kier alpha value is -2.35. The van der Waals surface area contributed by atoms with Crippen LogP contribution in [-0.4, -0.2) is 25.2 Å². The zero-order valence-corrected chi connectivity index (χ0v) is 15.4. The smallest absolute Gasteiger partial charge is 0.253 e. The van der Waals surface area contributed by atoms with E-state index in [1.807, 2.05) is 13.8 Å².